The first kappa shape index (κ1) is 18.4. The number of likely N-dealkylation sites (tertiary alicyclic amines) is 1. The van der Waals surface area contributed by atoms with Crippen LogP contribution in [-0.2, 0) is 13.6 Å². The highest BCUT2D eigenvalue weighted by atomic mass is 35.5. The quantitative estimate of drug-likeness (QED) is 0.903. The van der Waals surface area contributed by atoms with Gasteiger partial charge in [0.1, 0.15) is 0 Å². The summed E-state index contributed by atoms with van der Waals surface area (Å²) >= 11 is 0. The summed E-state index contributed by atoms with van der Waals surface area (Å²) in [5, 5.41) is 8.15. The van der Waals surface area contributed by atoms with Crippen molar-refractivity contribution in [1.29, 1.82) is 0 Å². The maximum Gasteiger partial charge on any atom is 0.0968 e. The van der Waals surface area contributed by atoms with Gasteiger partial charge in [0.15, 0.2) is 0 Å². The number of halogens is 1. The molecule has 0 amide bonds. The average Bonchev–Trinajstić information content (AvgIpc) is 3.23. The van der Waals surface area contributed by atoms with Gasteiger partial charge in [0.05, 0.1) is 5.69 Å². The zero-order chi connectivity index (χ0) is 16.4. The van der Waals surface area contributed by atoms with Crippen LogP contribution in [0.2, 0.25) is 0 Å². The molecule has 2 aliphatic rings. The smallest absolute Gasteiger partial charge is 0.0968 e. The Kier molecular flexibility index (Phi) is 6.12. The van der Waals surface area contributed by atoms with E-state index in [2.05, 4.69) is 51.6 Å². The summed E-state index contributed by atoms with van der Waals surface area (Å²) in [5.41, 5.74) is 3.68. The number of nitrogens with one attached hydrogen (secondary N) is 1. The van der Waals surface area contributed by atoms with Crippen LogP contribution in [0.4, 0.5) is 0 Å². The Balaban J connectivity index is 0.00000182. The summed E-state index contributed by atoms with van der Waals surface area (Å²) in [6.07, 6.45) is 3.47. The zero-order valence-electron chi connectivity index (χ0n) is 14.9. The Labute approximate surface area is 156 Å². The average molecular weight is 362 g/mol. The second kappa shape index (κ2) is 8.32. The van der Waals surface area contributed by atoms with Crippen molar-refractivity contribution in [2.45, 2.75) is 19.0 Å². The molecule has 6 heteroatoms. The van der Waals surface area contributed by atoms with E-state index in [-0.39, 0.29) is 12.4 Å². The molecule has 5 nitrogen and oxygen atoms in total. The van der Waals surface area contributed by atoms with E-state index in [0.717, 1.165) is 31.4 Å². The summed E-state index contributed by atoms with van der Waals surface area (Å²) in [5.74, 6) is 0. The number of nitrogens with zero attached hydrogens (tertiary/aromatic N) is 4. The molecular formula is C19H28ClN5. The maximum atomic E-state index is 4.70. The zero-order valence-corrected chi connectivity index (χ0v) is 15.7. The van der Waals surface area contributed by atoms with Crippen molar-refractivity contribution in [3.05, 3.63) is 42.1 Å². The van der Waals surface area contributed by atoms with Crippen LogP contribution >= 0.6 is 12.4 Å². The van der Waals surface area contributed by atoms with Gasteiger partial charge in [-0.25, -0.2) is 0 Å². The molecule has 0 radical (unpaired) electrons. The minimum absolute atomic E-state index is 0. The Morgan fingerprint density at radius 3 is 2.64 bits per heavy atom. The van der Waals surface area contributed by atoms with Gasteiger partial charge < -0.3 is 5.32 Å². The van der Waals surface area contributed by atoms with Gasteiger partial charge in [0.2, 0.25) is 0 Å². The third kappa shape index (κ3) is 4.23. The molecule has 4 rings (SSSR count). The van der Waals surface area contributed by atoms with E-state index in [1.54, 1.807) is 0 Å². The number of rotatable bonds is 4. The number of aromatic nitrogens is 2. The molecule has 0 bridgehead atoms. The highest BCUT2D eigenvalue weighted by Gasteiger charge is 2.29. The number of aryl methyl sites for hydroxylation is 1. The molecule has 2 aliphatic heterocycles. The fraction of sp³-hybridized carbons (Fsp3) is 0.526. The van der Waals surface area contributed by atoms with Crippen LogP contribution in [0.3, 0.4) is 0 Å². The van der Waals surface area contributed by atoms with E-state index in [4.69, 9.17) is 5.10 Å². The first-order valence-electron chi connectivity index (χ1n) is 9.04. The van der Waals surface area contributed by atoms with E-state index in [1.807, 2.05) is 11.7 Å². The Hall–Kier alpha value is -1.40. The number of hydrogen-bond acceptors (Lipinski definition) is 4. The lowest BCUT2D eigenvalue weighted by molar-refractivity contribution is 0.170. The van der Waals surface area contributed by atoms with Gasteiger partial charge in [-0.3, -0.25) is 14.5 Å². The molecule has 136 valence electrons. The van der Waals surface area contributed by atoms with Crippen LogP contribution in [0.1, 0.15) is 12.0 Å². The molecule has 1 aromatic carbocycles. The summed E-state index contributed by atoms with van der Waals surface area (Å²) in [4.78, 5) is 5.26. The van der Waals surface area contributed by atoms with Crippen LogP contribution < -0.4 is 5.32 Å². The van der Waals surface area contributed by atoms with Crippen molar-refractivity contribution in [2.75, 3.05) is 39.3 Å². The topological polar surface area (TPSA) is 36.3 Å². The van der Waals surface area contributed by atoms with Crippen molar-refractivity contribution in [3.8, 4) is 11.3 Å². The molecule has 1 aromatic heterocycles. The van der Waals surface area contributed by atoms with Gasteiger partial charge in [-0.2, -0.15) is 5.10 Å². The Morgan fingerprint density at radius 2 is 1.88 bits per heavy atom. The van der Waals surface area contributed by atoms with Gasteiger partial charge >= 0.3 is 0 Å². The largest absolute Gasteiger partial charge is 0.314 e. The van der Waals surface area contributed by atoms with E-state index in [1.165, 1.54) is 43.7 Å². The molecule has 0 spiro atoms. The Morgan fingerprint density at radius 1 is 1.12 bits per heavy atom. The molecule has 0 saturated carbocycles. The lowest BCUT2D eigenvalue weighted by Crippen LogP contribution is -2.49. The van der Waals surface area contributed by atoms with E-state index >= 15 is 0 Å². The molecule has 2 saturated heterocycles. The molecule has 3 heterocycles. The highest BCUT2D eigenvalue weighted by molar-refractivity contribution is 5.85. The van der Waals surface area contributed by atoms with Crippen LogP contribution in [0.25, 0.3) is 11.3 Å². The lowest BCUT2D eigenvalue weighted by Gasteiger charge is -2.32. The number of hydrogen-bond donors (Lipinski definition) is 1. The normalized spacial score (nSPS) is 22.0. The lowest BCUT2D eigenvalue weighted by atomic mass is 10.1. The molecule has 0 aliphatic carbocycles. The Bertz CT molecular complexity index is 666. The van der Waals surface area contributed by atoms with Crippen molar-refractivity contribution in [3.63, 3.8) is 0 Å². The fourth-order valence-corrected chi connectivity index (χ4v) is 4.03. The fourth-order valence-electron chi connectivity index (χ4n) is 4.03. The predicted octanol–water partition coefficient (Wildman–Crippen LogP) is 1.99. The van der Waals surface area contributed by atoms with Crippen molar-refractivity contribution >= 4 is 12.4 Å². The summed E-state index contributed by atoms with van der Waals surface area (Å²) in [6, 6.07) is 11.3. The van der Waals surface area contributed by atoms with Gasteiger partial charge in [-0.05, 0) is 6.42 Å². The molecule has 1 N–H and O–H groups in total. The maximum absolute atomic E-state index is 4.70. The number of benzene rings is 1. The van der Waals surface area contributed by atoms with Crippen LogP contribution in [0, 0.1) is 0 Å². The van der Waals surface area contributed by atoms with Crippen LogP contribution in [0.5, 0.6) is 0 Å². The molecular weight excluding hydrogens is 334 g/mol. The van der Waals surface area contributed by atoms with Crippen molar-refractivity contribution in [2.24, 2.45) is 7.05 Å². The van der Waals surface area contributed by atoms with Gasteiger partial charge in [0, 0.05) is 76.2 Å². The van der Waals surface area contributed by atoms with Gasteiger partial charge in [0.25, 0.3) is 0 Å². The van der Waals surface area contributed by atoms with Crippen LogP contribution in [-0.4, -0.2) is 64.9 Å². The van der Waals surface area contributed by atoms with E-state index in [9.17, 15) is 0 Å². The molecule has 1 unspecified atom stereocenters. The standard InChI is InChI=1S/C19H27N5.ClH/c1-22-13-17(19(21-22)16-5-3-2-4-6-16)14-23-10-7-18(15-23)24-11-8-20-9-12-24;/h2-6,13,18,20H,7-12,14-15H2,1H3;1H. The SMILES string of the molecule is Cl.Cn1cc(CN2CCC(N3CCNCC3)C2)c(-c2ccccc2)n1. The minimum Gasteiger partial charge on any atom is -0.314 e. The summed E-state index contributed by atoms with van der Waals surface area (Å²) < 4.78 is 1.95. The highest BCUT2D eigenvalue weighted by Crippen LogP contribution is 2.25. The monoisotopic (exact) mass is 361 g/mol. The van der Waals surface area contributed by atoms with Crippen molar-refractivity contribution < 1.29 is 0 Å². The molecule has 2 aromatic rings. The minimum atomic E-state index is 0. The van der Waals surface area contributed by atoms with Gasteiger partial charge in [-0.1, -0.05) is 30.3 Å². The number of piperazine rings is 1. The van der Waals surface area contributed by atoms with E-state index in [0.29, 0.717) is 0 Å². The van der Waals surface area contributed by atoms with Crippen molar-refractivity contribution in [1.82, 2.24) is 24.9 Å². The second-order valence-electron chi connectivity index (χ2n) is 7.01. The first-order valence-corrected chi connectivity index (χ1v) is 9.04. The molecule has 2 fully saturated rings. The van der Waals surface area contributed by atoms with E-state index < -0.39 is 0 Å². The third-order valence-corrected chi connectivity index (χ3v) is 5.26. The summed E-state index contributed by atoms with van der Waals surface area (Å²) in [6.45, 7) is 8.04. The first-order chi connectivity index (χ1) is 11.8. The third-order valence-electron chi connectivity index (χ3n) is 5.26. The second-order valence-corrected chi connectivity index (χ2v) is 7.01. The molecule has 25 heavy (non-hydrogen) atoms. The van der Waals surface area contributed by atoms with Crippen LogP contribution in [0.15, 0.2) is 36.5 Å². The molecule has 1 atom stereocenters. The van der Waals surface area contributed by atoms with Gasteiger partial charge in [-0.15, -0.1) is 12.4 Å². The summed E-state index contributed by atoms with van der Waals surface area (Å²) in [7, 11) is 2.02. The predicted molar refractivity (Wildman–Crippen MR) is 104 cm³/mol.